The molecule has 3 aromatic heterocycles. The van der Waals surface area contributed by atoms with Crippen molar-refractivity contribution in [2.24, 2.45) is 18.9 Å². The lowest BCUT2D eigenvalue weighted by Crippen LogP contribution is -2.21. The SMILES string of the molecule is COc1cc2nn([C@H]3CC[C@H](C(C)C)CC3)cc2cc1NC(=O)c1cccc(-c2cnn(C)c2)n1. The maximum absolute atomic E-state index is 13.1. The molecule has 1 amide bonds. The Labute approximate surface area is 205 Å². The number of amides is 1. The number of aryl methyl sites for hydroxylation is 1. The fraction of sp³-hybridized carbons (Fsp3) is 0.407. The summed E-state index contributed by atoms with van der Waals surface area (Å²) in [7, 11) is 3.45. The lowest BCUT2D eigenvalue weighted by atomic mass is 9.80. The number of pyridine rings is 1. The fourth-order valence-electron chi connectivity index (χ4n) is 5.02. The summed E-state index contributed by atoms with van der Waals surface area (Å²) in [6.45, 7) is 4.64. The van der Waals surface area contributed by atoms with E-state index in [9.17, 15) is 4.79 Å². The molecule has 1 N–H and O–H groups in total. The molecule has 182 valence electrons. The number of rotatable bonds is 6. The molecule has 0 bridgehead atoms. The first-order valence-corrected chi connectivity index (χ1v) is 12.3. The smallest absolute Gasteiger partial charge is 0.274 e. The van der Waals surface area contributed by atoms with Crippen LogP contribution in [0.15, 0.2) is 48.9 Å². The zero-order valence-electron chi connectivity index (χ0n) is 20.7. The number of fused-ring (bicyclic) bond motifs is 1. The molecule has 3 heterocycles. The van der Waals surface area contributed by atoms with Crippen molar-refractivity contribution >= 4 is 22.5 Å². The number of aromatic nitrogens is 5. The van der Waals surface area contributed by atoms with Crippen LogP contribution in [0.2, 0.25) is 0 Å². The highest BCUT2D eigenvalue weighted by atomic mass is 16.5. The number of nitrogens with zero attached hydrogens (tertiary/aromatic N) is 5. The van der Waals surface area contributed by atoms with Gasteiger partial charge in [0.2, 0.25) is 0 Å². The Hall–Kier alpha value is -3.68. The number of methoxy groups -OCH3 is 1. The molecule has 5 rings (SSSR count). The van der Waals surface area contributed by atoms with E-state index >= 15 is 0 Å². The minimum atomic E-state index is -0.298. The summed E-state index contributed by atoms with van der Waals surface area (Å²) in [5, 5.41) is 13.0. The molecule has 1 aliphatic rings. The highest BCUT2D eigenvalue weighted by Crippen LogP contribution is 2.37. The van der Waals surface area contributed by atoms with E-state index in [1.165, 1.54) is 12.8 Å². The summed E-state index contributed by atoms with van der Waals surface area (Å²) in [6, 6.07) is 9.62. The Balaban J connectivity index is 1.37. The van der Waals surface area contributed by atoms with Gasteiger partial charge in [0.1, 0.15) is 11.4 Å². The zero-order valence-corrected chi connectivity index (χ0v) is 20.7. The van der Waals surface area contributed by atoms with Crippen molar-refractivity contribution in [3.63, 3.8) is 0 Å². The van der Waals surface area contributed by atoms with Gasteiger partial charge in [-0.3, -0.25) is 14.2 Å². The van der Waals surface area contributed by atoms with Gasteiger partial charge in [-0.05, 0) is 55.7 Å². The van der Waals surface area contributed by atoms with E-state index in [-0.39, 0.29) is 5.91 Å². The molecule has 8 heteroatoms. The maximum atomic E-state index is 13.1. The van der Waals surface area contributed by atoms with Crippen LogP contribution in [0, 0.1) is 11.8 Å². The molecule has 0 radical (unpaired) electrons. The van der Waals surface area contributed by atoms with Crippen molar-refractivity contribution in [1.82, 2.24) is 24.5 Å². The first-order chi connectivity index (χ1) is 16.9. The molecule has 4 aromatic rings. The lowest BCUT2D eigenvalue weighted by Gasteiger charge is -2.30. The van der Waals surface area contributed by atoms with Gasteiger partial charge in [-0.1, -0.05) is 19.9 Å². The van der Waals surface area contributed by atoms with Crippen LogP contribution in [-0.2, 0) is 7.05 Å². The highest BCUT2D eigenvalue weighted by Gasteiger charge is 2.25. The van der Waals surface area contributed by atoms with Crippen molar-refractivity contribution in [2.45, 2.75) is 45.6 Å². The number of nitrogens with one attached hydrogen (secondary N) is 1. The molecule has 0 saturated heterocycles. The van der Waals surface area contributed by atoms with Gasteiger partial charge in [-0.25, -0.2) is 4.98 Å². The second-order valence-corrected chi connectivity index (χ2v) is 9.80. The van der Waals surface area contributed by atoms with Gasteiger partial charge < -0.3 is 10.1 Å². The van der Waals surface area contributed by atoms with Gasteiger partial charge in [0.05, 0.1) is 36.2 Å². The number of anilines is 1. The van der Waals surface area contributed by atoms with Gasteiger partial charge in [-0.15, -0.1) is 0 Å². The van der Waals surface area contributed by atoms with Crippen LogP contribution in [0.25, 0.3) is 22.2 Å². The highest BCUT2D eigenvalue weighted by molar-refractivity contribution is 6.05. The summed E-state index contributed by atoms with van der Waals surface area (Å²) in [5.41, 5.74) is 3.34. The molecule has 1 aliphatic carbocycles. The predicted molar refractivity (Wildman–Crippen MR) is 137 cm³/mol. The van der Waals surface area contributed by atoms with Crippen LogP contribution in [0.1, 0.15) is 56.1 Å². The Morgan fingerprint density at radius 3 is 2.63 bits per heavy atom. The fourth-order valence-corrected chi connectivity index (χ4v) is 5.02. The summed E-state index contributed by atoms with van der Waals surface area (Å²) in [4.78, 5) is 17.6. The monoisotopic (exact) mass is 472 g/mol. The minimum Gasteiger partial charge on any atom is -0.494 e. The van der Waals surface area contributed by atoms with E-state index in [1.807, 2.05) is 37.5 Å². The number of carbonyl (C=O) groups excluding carboxylic acids is 1. The van der Waals surface area contributed by atoms with E-state index in [2.05, 4.69) is 40.1 Å². The topological polar surface area (TPSA) is 86.9 Å². The van der Waals surface area contributed by atoms with E-state index in [4.69, 9.17) is 9.84 Å². The third-order valence-corrected chi connectivity index (χ3v) is 7.13. The summed E-state index contributed by atoms with van der Waals surface area (Å²) in [6.07, 6.45) is 10.5. The third kappa shape index (κ3) is 4.78. The van der Waals surface area contributed by atoms with Crippen LogP contribution >= 0.6 is 0 Å². The zero-order chi connectivity index (χ0) is 24.5. The van der Waals surface area contributed by atoms with Crippen LogP contribution in [-0.4, -0.2) is 37.6 Å². The van der Waals surface area contributed by atoms with Crippen molar-refractivity contribution < 1.29 is 9.53 Å². The average Bonchev–Trinajstić information content (AvgIpc) is 3.49. The molecule has 1 saturated carbocycles. The summed E-state index contributed by atoms with van der Waals surface area (Å²) in [5.74, 6) is 1.82. The van der Waals surface area contributed by atoms with Crippen molar-refractivity contribution in [1.29, 1.82) is 0 Å². The standard InChI is InChI=1S/C27H32N6O2/c1-17(2)18-8-10-21(11-9-18)33-16-19-12-25(26(35-4)13-24(19)31-33)30-27(34)23-7-5-6-22(29-23)20-14-28-32(3)15-20/h5-7,12-18,21H,8-11H2,1-4H3,(H,30,34)/t18-,21-. The van der Waals surface area contributed by atoms with E-state index < -0.39 is 0 Å². The Bertz CT molecular complexity index is 1350. The molecular formula is C27H32N6O2. The predicted octanol–water partition coefficient (Wildman–Crippen LogP) is 5.48. The van der Waals surface area contributed by atoms with Gasteiger partial charge in [-0.2, -0.15) is 10.2 Å². The van der Waals surface area contributed by atoms with Gasteiger partial charge >= 0.3 is 0 Å². The third-order valence-electron chi connectivity index (χ3n) is 7.13. The van der Waals surface area contributed by atoms with Crippen LogP contribution in [0.5, 0.6) is 5.75 Å². The first-order valence-electron chi connectivity index (χ1n) is 12.3. The van der Waals surface area contributed by atoms with Crippen LogP contribution in [0.3, 0.4) is 0 Å². The number of carbonyl (C=O) groups is 1. The van der Waals surface area contributed by atoms with Crippen LogP contribution in [0.4, 0.5) is 5.69 Å². The second-order valence-electron chi connectivity index (χ2n) is 9.80. The van der Waals surface area contributed by atoms with E-state index in [0.717, 1.165) is 41.1 Å². The Morgan fingerprint density at radius 2 is 1.94 bits per heavy atom. The van der Waals surface area contributed by atoms with Crippen molar-refractivity contribution in [3.05, 3.63) is 54.6 Å². The number of hydrogen-bond donors (Lipinski definition) is 1. The molecule has 0 atom stereocenters. The summed E-state index contributed by atoms with van der Waals surface area (Å²) >= 11 is 0. The normalized spacial score (nSPS) is 18.2. The number of ether oxygens (including phenoxy) is 1. The minimum absolute atomic E-state index is 0.298. The second kappa shape index (κ2) is 9.52. The quantitative estimate of drug-likeness (QED) is 0.402. The molecule has 35 heavy (non-hydrogen) atoms. The molecule has 1 fully saturated rings. The van der Waals surface area contributed by atoms with E-state index in [0.29, 0.717) is 28.9 Å². The molecule has 1 aromatic carbocycles. The molecule has 0 spiro atoms. The van der Waals surface area contributed by atoms with Crippen molar-refractivity contribution in [2.75, 3.05) is 12.4 Å². The largest absolute Gasteiger partial charge is 0.494 e. The first kappa shape index (κ1) is 23.1. The van der Waals surface area contributed by atoms with Crippen molar-refractivity contribution in [3.8, 4) is 17.0 Å². The van der Waals surface area contributed by atoms with Crippen LogP contribution < -0.4 is 10.1 Å². The lowest BCUT2D eigenvalue weighted by molar-refractivity contribution is 0.102. The Morgan fingerprint density at radius 1 is 1.14 bits per heavy atom. The number of benzene rings is 1. The average molecular weight is 473 g/mol. The Kier molecular flexibility index (Phi) is 6.28. The molecule has 0 aliphatic heterocycles. The molecular weight excluding hydrogens is 440 g/mol. The maximum Gasteiger partial charge on any atom is 0.274 e. The van der Waals surface area contributed by atoms with Gasteiger partial charge in [0.25, 0.3) is 5.91 Å². The molecule has 8 nitrogen and oxygen atoms in total. The van der Waals surface area contributed by atoms with Gasteiger partial charge in [0, 0.05) is 36.5 Å². The number of hydrogen-bond acceptors (Lipinski definition) is 5. The van der Waals surface area contributed by atoms with Gasteiger partial charge in [0.15, 0.2) is 0 Å². The van der Waals surface area contributed by atoms with E-state index in [1.54, 1.807) is 24.1 Å². The molecule has 0 unspecified atom stereocenters. The summed E-state index contributed by atoms with van der Waals surface area (Å²) < 4.78 is 9.40.